The van der Waals surface area contributed by atoms with Crippen LogP contribution in [0.25, 0.3) is 5.95 Å². The SMILES string of the molecule is CNc1nc(Oc2cccnc2)nc(-n2ccnc2)n1. The maximum atomic E-state index is 5.56. The van der Waals surface area contributed by atoms with E-state index < -0.39 is 0 Å². The fourth-order valence-corrected chi connectivity index (χ4v) is 1.51. The van der Waals surface area contributed by atoms with Crippen molar-refractivity contribution in [1.82, 2.24) is 29.5 Å². The van der Waals surface area contributed by atoms with Crippen molar-refractivity contribution in [3.63, 3.8) is 0 Å². The number of hydrogen-bond donors (Lipinski definition) is 1. The molecule has 1 N–H and O–H groups in total. The third-order valence-corrected chi connectivity index (χ3v) is 2.41. The van der Waals surface area contributed by atoms with E-state index in [-0.39, 0.29) is 6.01 Å². The zero-order valence-corrected chi connectivity index (χ0v) is 10.6. The minimum absolute atomic E-state index is 0.182. The van der Waals surface area contributed by atoms with Gasteiger partial charge in [0.1, 0.15) is 12.1 Å². The molecule has 8 heteroatoms. The molecule has 0 amide bonds. The topological polar surface area (TPSA) is 90.6 Å². The molecule has 0 bridgehead atoms. The van der Waals surface area contributed by atoms with Gasteiger partial charge in [-0.05, 0) is 12.1 Å². The third kappa shape index (κ3) is 2.53. The van der Waals surface area contributed by atoms with E-state index in [0.29, 0.717) is 17.6 Å². The molecule has 0 aliphatic rings. The number of imidazole rings is 1. The number of nitrogens with zero attached hydrogens (tertiary/aromatic N) is 6. The lowest BCUT2D eigenvalue weighted by Gasteiger charge is -2.07. The molecule has 0 aliphatic carbocycles. The second-order valence-electron chi connectivity index (χ2n) is 3.75. The van der Waals surface area contributed by atoms with Crippen molar-refractivity contribution in [1.29, 1.82) is 0 Å². The zero-order chi connectivity index (χ0) is 13.8. The van der Waals surface area contributed by atoms with Gasteiger partial charge in [-0.15, -0.1) is 0 Å². The summed E-state index contributed by atoms with van der Waals surface area (Å²) < 4.78 is 7.23. The summed E-state index contributed by atoms with van der Waals surface area (Å²) in [6, 6.07) is 3.72. The lowest BCUT2D eigenvalue weighted by atomic mass is 10.5. The summed E-state index contributed by atoms with van der Waals surface area (Å²) in [7, 11) is 1.72. The van der Waals surface area contributed by atoms with Crippen molar-refractivity contribution >= 4 is 5.95 Å². The molecule has 0 unspecified atom stereocenters. The Labute approximate surface area is 114 Å². The van der Waals surface area contributed by atoms with E-state index in [1.165, 1.54) is 0 Å². The first-order valence-electron chi connectivity index (χ1n) is 5.85. The maximum absolute atomic E-state index is 5.56. The van der Waals surface area contributed by atoms with Crippen LogP contribution >= 0.6 is 0 Å². The number of nitrogens with one attached hydrogen (secondary N) is 1. The van der Waals surface area contributed by atoms with Gasteiger partial charge < -0.3 is 10.1 Å². The highest BCUT2D eigenvalue weighted by Crippen LogP contribution is 2.18. The van der Waals surface area contributed by atoms with Gasteiger partial charge in [-0.1, -0.05) is 0 Å². The summed E-state index contributed by atoms with van der Waals surface area (Å²) in [6.07, 6.45) is 8.23. The van der Waals surface area contributed by atoms with Gasteiger partial charge in [-0.3, -0.25) is 9.55 Å². The normalized spacial score (nSPS) is 10.2. The van der Waals surface area contributed by atoms with Gasteiger partial charge in [-0.25, -0.2) is 4.98 Å². The Bertz CT molecular complexity index is 684. The molecule has 0 radical (unpaired) electrons. The highest BCUT2D eigenvalue weighted by Gasteiger charge is 2.09. The van der Waals surface area contributed by atoms with Gasteiger partial charge in [-0.2, -0.15) is 15.0 Å². The molecule has 3 rings (SSSR count). The summed E-state index contributed by atoms with van der Waals surface area (Å²) >= 11 is 0. The Morgan fingerprint density at radius 2 is 2.10 bits per heavy atom. The molecule has 0 spiro atoms. The van der Waals surface area contributed by atoms with E-state index >= 15 is 0 Å². The van der Waals surface area contributed by atoms with Crippen LogP contribution in [0.2, 0.25) is 0 Å². The minimum atomic E-state index is 0.182. The van der Waals surface area contributed by atoms with Crippen molar-refractivity contribution in [3.05, 3.63) is 43.2 Å². The quantitative estimate of drug-likeness (QED) is 0.763. The summed E-state index contributed by atoms with van der Waals surface area (Å²) in [5.41, 5.74) is 0. The lowest BCUT2D eigenvalue weighted by Crippen LogP contribution is -2.06. The molecule has 0 aromatic carbocycles. The van der Waals surface area contributed by atoms with Crippen LogP contribution < -0.4 is 10.1 Å². The van der Waals surface area contributed by atoms with Gasteiger partial charge in [0.2, 0.25) is 11.9 Å². The van der Waals surface area contributed by atoms with Crippen molar-refractivity contribution in [2.75, 3.05) is 12.4 Å². The van der Waals surface area contributed by atoms with E-state index in [4.69, 9.17) is 4.74 Å². The number of pyridine rings is 1. The second kappa shape index (κ2) is 5.31. The standard InChI is InChI=1S/C12H11N7O/c1-13-10-16-11(19-6-5-15-8-19)18-12(17-10)20-9-3-2-4-14-7-9/h2-8H,1H3,(H,13,16,17,18). The van der Waals surface area contributed by atoms with Crippen molar-refractivity contribution in [3.8, 4) is 17.7 Å². The Morgan fingerprint density at radius 1 is 1.15 bits per heavy atom. The number of hydrogen-bond acceptors (Lipinski definition) is 7. The summed E-state index contributed by atoms with van der Waals surface area (Å²) in [5.74, 6) is 1.38. The monoisotopic (exact) mass is 269 g/mol. The van der Waals surface area contributed by atoms with Crippen molar-refractivity contribution in [2.45, 2.75) is 0 Å². The number of ether oxygens (including phenoxy) is 1. The predicted octanol–water partition coefficient (Wildman–Crippen LogP) is 1.29. The fraction of sp³-hybridized carbons (Fsp3) is 0.0833. The molecule has 3 heterocycles. The van der Waals surface area contributed by atoms with E-state index in [0.717, 1.165) is 0 Å². The van der Waals surface area contributed by atoms with Crippen LogP contribution in [-0.2, 0) is 0 Å². The molecule has 0 atom stereocenters. The molecule has 0 aliphatic heterocycles. The summed E-state index contributed by atoms with van der Waals surface area (Å²) in [4.78, 5) is 20.5. The van der Waals surface area contributed by atoms with Crippen LogP contribution in [0.4, 0.5) is 5.95 Å². The lowest BCUT2D eigenvalue weighted by molar-refractivity contribution is 0.437. The molecule has 100 valence electrons. The fourth-order valence-electron chi connectivity index (χ4n) is 1.51. The Hall–Kier alpha value is -3.03. The van der Waals surface area contributed by atoms with E-state index in [9.17, 15) is 0 Å². The second-order valence-corrected chi connectivity index (χ2v) is 3.75. The first-order chi connectivity index (χ1) is 9.85. The van der Waals surface area contributed by atoms with Crippen LogP contribution in [-0.4, -0.2) is 36.5 Å². The first-order valence-corrected chi connectivity index (χ1v) is 5.85. The molecule has 3 aromatic rings. The Morgan fingerprint density at radius 3 is 2.80 bits per heavy atom. The number of rotatable bonds is 4. The first kappa shape index (κ1) is 12.0. The van der Waals surface area contributed by atoms with Crippen LogP contribution in [0.5, 0.6) is 11.8 Å². The van der Waals surface area contributed by atoms with Crippen molar-refractivity contribution in [2.24, 2.45) is 0 Å². The van der Waals surface area contributed by atoms with Crippen LogP contribution in [0.15, 0.2) is 43.2 Å². The van der Waals surface area contributed by atoms with Gasteiger partial charge in [0.05, 0.1) is 6.20 Å². The molecular formula is C12H11N7O. The zero-order valence-electron chi connectivity index (χ0n) is 10.6. The van der Waals surface area contributed by atoms with Gasteiger partial charge in [0.25, 0.3) is 0 Å². The van der Waals surface area contributed by atoms with Gasteiger partial charge in [0.15, 0.2) is 0 Å². The summed E-state index contributed by atoms with van der Waals surface area (Å²) in [5, 5.41) is 2.86. The molecule has 0 saturated heterocycles. The molecule has 0 fully saturated rings. The minimum Gasteiger partial charge on any atom is -0.422 e. The largest absolute Gasteiger partial charge is 0.422 e. The average Bonchev–Trinajstić information content (AvgIpc) is 3.02. The Kier molecular flexibility index (Phi) is 3.19. The average molecular weight is 269 g/mol. The predicted molar refractivity (Wildman–Crippen MR) is 70.8 cm³/mol. The van der Waals surface area contributed by atoms with Crippen LogP contribution in [0, 0.1) is 0 Å². The van der Waals surface area contributed by atoms with E-state index in [2.05, 4.69) is 30.2 Å². The van der Waals surface area contributed by atoms with Crippen molar-refractivity contribution < 1.29 is 4.74 Å². The highest BCUT2D eigenvalue weighted by molar-refractivity contribution is 5.31. The molecule has 3 aromatic heterocycles. The van der Waals surface area contributed by atoms with Crippen LogP contribution in [0.3, 0.4) is 0 Å². The maximum Gasteiger partial charge on any atom is 0.328 e. The number of anilines is 1. The van der Waals surface area contributed by atoms with E-state index in [1.807, 2.05) is 0 Å². The highest BCUT2D eigenvalue weighted by atomic mass is 16.5. The Balaban J connectivity index is 1.96. The molecule has 0 saturated carbocycles. The molecular weight excluding hydrogens is 258 g/mol. The summed E-state index contributed by atoms with van der Waals surface area (Å²) in [6.45, 7) is 0. The van der Waals surface area contributed by atoms with Gasteiger partial charge in [0, 0.05) is 25.6 Å². The van der Waals surface area contributed by atoms with E-state index in [1.54, 1.807) is 54.9 Å². The molecule has 20 heavy (non-hydrogen) atoms. The molecule has 8 nitrogen and oxygen atoms in total. The third-order valence-electron chi connectivity index (χ3n) is 2.41. The van der Waals surface area contributed by atoms with Gasteiger partial charge >= 0.3 is 6.01 Å². The van der Waals surface area contributed by atoms with Crippen LogP contribution in [0.1, 0.15) is 0 Å². The number of aromatic nitrogens is 6. The smallest absolute Gasteiger partial charge is 0.328 e.